The normalized spacial score (nSPS) is 18.2. The van der Waals surface area contributed by atoms with Crippen molar-refractivity contribution in [1.82, 2.24) is 24.6 Å². The second-order valence-electron chi connectivity index (χ2n) is 6.07. The summed E-state index contributed by atoms with van der Waals surface area (Å²) in [6.45, 7) is 6.24. The Balaban J connectivity index is 1.76. The van der Waals surface area contributed by atoms with E-state index in [1.807, 2.05) is 28.0 Å². The van der Waals surface area contributed by atoms with Gasteiger partial charge in [0, 0.05) is 44.9 Å². The van der Waals surface area contributed by atoms with Crippen molar-refractivity contribution in [2.45, 2.75) is 45.6 Å². The van der Waals surface area contributed by atoms with Crippen LogP contribution in [-0.4, -0.2) is 43.6 Å². The number of likely N-dealkylation sites (tertiary alicyclic amines) is 1. The highest BCUT2D eigenvalue weighted by molar-refractivity contribution is 5.73. The largest absolute Gasteiger partial charge is 0.342 e. The molecule has 3 heterocycles. The summed E-state index contributed by atoms with van der Waals surface area (Å²) in [7, 11) is 0. The minimum absolute atomic E-state index is 0.141. The third kappa shape index (κ3) is 3.41. The van der Waals surface area contributed by atoms with E-state index in [1.165, 1.54) is 0 Å². The fourth-order valence-corrected chi connectivity index (χ4v) is 3.13. The van der Waals surface area contributed by atoms with Crippen molar-refractivity contribution >= 4 is 5.91 Å². The minimum atomic E-state index is 0.141. The molecule has 1 aliphatic heterocycles. The standard InChI is InChI=1S/C17H23N5O/c1-3-8-22-17(6-7-20-22)16-11-18-15(10-19-16)14-5-4-9-21(12-14)13(2)23/h6-7,10-11,14H,3-5,8-9,12H2,1-2H3/t14-/m1/s1. The molecule has 0 spiro atoms. The quantitative estimate of drug-likeness (QED) is 0.870. The van der Waals surface area contributed by atoms with Crippen LogP contribution in [-0.2, 0) is 11.3 Å². The van der Waals surface area contributed by atoms with Gasteiger partial charge in [0.15, 0.2) is 0 Å². The number of piperidine rings is 1. The van der Waals surface area contributed by atoms with Crippen LogP contribution in [0.25, 0.3) is 11.4 Å². The minimum Gasteiger partial charge on any atom is -0.342 e. The Labute approximate surface area is 136 Å². The van der Waals surface area contributed by atoms with E-state index in [9.17, 15) is 4.79 Å². The molecule has 1 atom stereocenters. The van der Waals surface area contributed by atoms with Crippen molar-refractivity contribution in [1.29, 1.82) is 0 Å². The van der Waals surface area contributed by atoms with Crippen molar-refractivity contribution in [3.63, 3.8) is 0 Å². The molecule has 1 aliphatic rings. The highest BCUT2D eigenvalue weighted by Gasteiger charge is 2.24. The molecule has 2 aromatic heterocycles. The molecule has 1 amide bonds. The van der Waals surface area contributed by atoms with Gasteiger partial charge < -0.3 is 4.90 Å². The number of aryl methyl sites for hydroxylation is 1. The van der Waals surface area contributed by atoms with E-state index in [1.54, 1.807) is 13.1 Å². The van der Waals surface area contributed by atoms with E-state index in [-0.39, 0.29) is 11.8 Å². The molecule has 0 radical (unpaired) electrons. The number of rotatable bonds is 4. The first-order valence-corrected chi connectivity index (χ1v) is 8.28. The lowest BCUT2D eigenvalue weighted by Crippen LogP contribution is -2.37. The van der Waals surface area contributed by atoms with E-state index in [2.05, 4.69) is 22.0 Å². The first-order chi connectivity index (χ1) is 11.2. The molecule has 1 saturated heterocycles. The smallest absolute Gasteiger partial charge is 0.219 e. The number of amides is 1. The molecule has 0 aliphatic carbocycles. The zero-order valence-electron chi connectivity index (χ0n) is 13.8. The maximum atomic E-state index is 11.6. The Bertz CT molecular complexity index is 664. The van der Waals surface area contributed by atoms with Crippen LogP contribution in [0, 0.1) is 0 Å². The predicted molar refractivity (Wildman–Crippen MR) is 87.8 cm³/mol. The van der Waals surface area contributed by atoms with Gasteiger partial charge in [0.1, 0.15) is 5.69 Å². The fourth-order valence-electron chi connectivity index (χ4n) is 3.13. The van der Waals surface area contributed by atoms with Crippen molar-refractivity contribution in [3.8, 4) is 11.4 Å². The molecule has 6 nitrogen and oxygen atoms in total. The average Bonchev–Trinajstić information content (AvgIpc) is 3.04. The van der Waals surface area contributed by atoms with Crippen LogP contribution in [0.2, 0.25) is 0 Å². The number of hydrogen-bond acceptors (Lipinski definition) is 4. The van der Waals surface area contributed by atoms with Crippen LogP contribution in [0.5, 0.6) is 0 Å². The van der Waals surface area contributed by atoms with Gasteiger partial charge in [-0.1, -0.05) is 6.92 Å². The van der Waals surface area contributed by atoms with Gasteiger partial charge in [-0.3, -0.25) is 19.4 Å². The highest BCUT2D eigenvalue weighted by atomic mass is 16.2. The van der Waals surface area contributed by atoms with E-state index < -0.39 is 0 Å². The lowest BCUT2D eigenvalue weighted by molar-refractivity contribution is -0.130. The summed E-state index contributed by atoms with van der Waals surface area (Å²) in [5.74, 6) is 0.428. The Morgan fingerprint density at radius 1 is 1.35 bits per heavy atom. The maximum absolute atomic E-state index is 11.6. The number of hydrogen-bond donors (Lipinski definition) is 0. The molecule has 0 aromatic carbocycles. The molecular weight excluding hydrogens is 290 g/mol. The third-order valence-electron chi connectivity index (χ3n) is 4.37. The first-order valence-electron chi connectivity index (χ1n) is 8.28. The van der Waals surface area contributed by atoms with E-state index in [0.717, 1.165) is 56.0 Å². The van der Waals surface area contributed by atoms with E-state index >= 15 is 0 Å². The summed E-state index contributed by atoms with van der Waals surface area (Å²) < 4.78 is 1.96. The molecule has 2 aromatic rings. The second-order valence-corrected chi connectivity index (χ2v) is 6.07. The maximum Gasteiger partial charge on any atom is 0.219 e. The van der Waals surface area contributed by atoms with Gasteiger partial charge in [-0.05, 0) is 25.3 Å². The topological polar surface area (TPSA) is 63.9 Å². The van der Waals surface area contributed by atoms with E-state index in [4.69, 9.17) is 0 Å². The second kappa shape index (κ2) is 6.89. The van der Waals surface area contributed by atoms with Gasteiger partial charge >= 0.3 is 0 Å². The molecular formula is C17H23N5O. The van der Waals surface area contributed by atoms with Gasteiger partial charge in [0.05, 0.1) is 17.6 Å². The highest BCUT2D eigenvalue weighted by Crippen LogP contribution is 2.26. The Morgan fingerprint density at radius 3 is 2.91 bits per heavy atom. The summed E-state index contributed by atoms with van der Waals surface area (Å²) in [5, 5.41) is 4.33. The summed E-state index contributed by atoms with van der Waals surface area (Å²) >= 11 is 0. The van der Waals surface area contributed by atoms with Gasteiger partial charge in [0.25, 0.3) is 0 Å². The monoisotopic (exact) mass is 313 g/mol. The zero-order valence-corrected chi connectivity index (χ0v) is 13.8. The lowest BCUT2D eigenvalue weighted by atomic mass is 9.95. The van der Waals surface area contributed by atoms with Crippen LogP contribution < -0.4 is 0 Å². The number of aromatic nitrogens is 4. The molecule has 0 saturated carbocycles. The molecule has 1 fully saturated rings. The fraction of sp³-hybridized carbons (Fsp3) is 0.529. The molecule has 0 unspecified atom stereocenters. The van der Waals surface area contributed by atoms with Crippen molar-refractivity contribution < 1.29 is 4.79 Å². The predicted octanol–water partition coefficient (Wildman–Crippen LogP) is 2.48. The number of nitrogens with zero attached hydrogens (tertiary/aromatic N) is 5. The molecule has 3 rings (SSSR count). The summed E-state index contributed by atoms with van der Waals surface area (Å²) in [6, 6.07) is 1.97. The van der Waals surface area contributed by atoms with Gasteiger partial charge in [0.2, 0.25) is 5.91 Å². The number of carbonyl (C=O) groups is 1. The van der Waals surface area contributed by atoms with Crippen LogP contribution in [0.3, 0.4) is 0 Å². The lowest BCUT2D eigenvalue weighted by Gasteiger charge is -2.31. The van der Waals surface area contributed by atoms with Crippen molar-refractivity contribution in [3.05, 3.63) is 30.4 Å². The Hall–Kier alpha value is -2.24. The van der Waals surface area contributed by atoms with Gasteiger partial charge in [-0.15, -0.1) is 0 Å². The van der Waals surface area contributed by atoms with Crippen LogP contribution in [0.4, 0.5) is 0 Å². The van der Waals surface area contributed by atoms with Crippen LogP contribution in [0.1, 0.15) is 44.7 Å². The average molecular weight is 313 g/mol. The summed E-state index contributed by atoms with van der Waals surface area (Å²) in [6.07, 6.45) is 8.59. The zero-order chi connectivity index (χ0) is 16.2. The molecule has 6 heteroatoms. The van der Waals surface area contributed by atoms with Gasteiger partial charge in [-0.2, -0.15) is 5.10 Å². The van der Waals surface area contributed by atoms with Crippen molar-refractivity contribution in [2.24, 2.45) is 0 Å². The molecule has 0 bridgehead atoms. The number of carbonyl (C=O) groups excluding carboxylic acids is 1. The van der Waals surface area contributed by atoms with E-state index in [0.29, 0.717) is 0 Å². The van der Waals surface area contributed by atoms with Gasteiger partial charge in [-0.25, -0.2) is 0 Å². The summed E-state index contributed by atoms with van der Waals surface area (Å²) in [5.41, 5.74) is 2.82. The molecule has 0 N–H and O–H groups in total. The SMILES string of the molecule is CCCn1nccc1-c1cnc([C@@H]2CCCN(C(C)=O)C2)cn1. The molecule has 122 valence electrons. The summed E-state index contributed by atoms with van der Waals surface area (Å²) in [4.78, 5) is 22.7. The Morgan fingerprint density at radius 2 is 2.22 bits per heavy atom. The van der Waals surface area contributed by atoms with Crippen LogP contribution in [0.15, 0.2) is 24.7 Å². The molecule has 23 heavy (non-hydrogen) atoms. The van der Waals surface area contributed by atoms with Crippen LogP contribution >= 0.6 is 0 Å². The third-order valence-corrected chi connectivity index (χ3v) is 4.37. The van der Waals surface area contributed by atoms with Crippen molar-refractivity contribution in [2.75, 3.05) is 13.1 Å². The Kier molecular flexibility index (Phi) is 4.69. The first kappa shape index (κ1) is 15.6.